The molecule has 0 saturated carbocycles. The zero-order chi connectivity index (χ0) is 17.1. The van der Waals surface area contributed by atoms with E-state index >= 15 is 0 Å². The third-order valence-corrected chi connectivity index (χ3v) is 3.78. The summed E-state index contributed by atoms with van der Waals surface area (Å²) in [4.78, 5) is 25.7. The van der Waals surface area contributed by atoms with Crippen LogP contribution in [0.4, 0.5) is 0 Å². The van der Waals surface area contributed by atoms with Gasteiger partial charge in [-0.2, -0.15) is 0 Å². The highest BCUT2D eigenvalue weighted by molar-refractivity contribution is 5.85. The molecule has 0 heterocycles. The lowest BCUT2D eigenvalue weighted by atomic mass is 10.00. The van der Waals surface area contributed by atoms with Gasteiger partial charge < -0.3 is 16.0 Å². The van der Waals surface area contributed by atoms with Gasteiger partial charge in [-0.25, -0.2) is 0 Å². The van der Waals surface area contributed by atoms with Crippen LogP contribution in [0, 0.1) is 0 Å². The lowest BCUT2D eigenvalue weighted by Gasteiger charge is -2.32. The van der Waals surface area contributed by atoms with Gasteiger partial charge in [-0.1, -0.05) is 50.6 Å². The summed E-state index contributed by atoms with van der Waals surface area (Å²) in [7, 11) is 0. The molecule has 23 heavy (non-hydrogen) atoms. The molecule has 1 unspecified atom stereocenters. The fourth-order valence-electron chi connectivity index (χ4n) is 2.69. The molecule has 0 spiro atoms. The number of nitrogens with two attached hydrogens (primary N) is 1. The first-order chi connectivity index (χ1) is 11.1. The summed E-state index contributed by atoms with van der Waals surface area (Å²) >= 11 is 0. The number of carbonyl (C=O) groups is 2. The minimum Gasteiger partial charge on any atom is -0.346 e. The van der Waals surface area contributed by atoms with Crippen LogP contribution in [-0.2, 0) is 16.0 Å². The van der Waals surface area contributed by atoms with Gasteiger partial charge in [-0.3, -0.25) is 9.59 Å². The van der Waals surface area contributed by atoms with E-state index in [4.69, 9.17) is 5.73 Å². The third-order valence-electron chi connectivity index (χ3n) is 3.78. The van der Waals surface area contributed by atoms with Crippen molar-refractivity contribution in [1.82, 2.24) is 10.2 Å². The minimum atomic E-state index is -0.301. The van der Waals surface area contributed by atoms with Crippen LogP contribution in [0.25, 0.3) is 0 Å². The molecule has 1 aromatic rings. The second-order valence-corrected chi connectivity index (χ2v) is 5.70. The molecule has 0 radical (unpaired) electrons. The first-order valence-electron chi connectivity index (χ1n) is 8.42. The largest absolute Gasteiger partial charge is 0.346 e. The molecule has 1 aromatic carbocycles. The van der Waals surface area contributed by atoms with Crippen LogP contribution >= 0.6 is 0 Å². The number of carbonyl (C=O) groups excluding carboxylic acids is 2. The standard InChI is InChI=1S/C18H29N3O2/c1-3-8-16(12-15-9-6-5-7-10-15)21(11-4-2)18(23)14-20-17(22)13-19/h5-7,9-10,16H,3-4,8,11-14,19H2,1-2H3,(H,20,22). The van der Waals surface area contributed by atoms with Crippen molar-refractivity contribution >= 4 is 11.8 Å². The number of amides is 2. The fourth-order valence-corrected chi connectivity index (χ4v) is 2.69. The van der Waals surface area contributed by atoms with Crippen LogP contribution in [0.1, 0.15) is 38.7 Å². The average Bonchev–Trinajstić information content (AvgIpc) is 2.57. The Kier molecular flexibility index (Phi) is 8.98. The molecular formula is C18H29N3O2. The van der Waals surface area contributed by atoms with E-state index in [-0.39, 0.29) is 30.9 Å². The quantitative estimate of drug-likeness (QED) is 0.689. The highest BCUT2D eigenvalue weighted by Crippen LogP contribution is 2.15. The zero-order valence-corrected chi connectivity index (χ0v) is 14.3. The van der Waals surface area contributed by atoms with Crippen LogP contribution in [-0.4, -0.2) is 42.4 Å². The minimum absolute atomic E-state index is 0.0189. The lowest BCUT2D eigenvalue weighted by Crippen LogP contribution is -2.47. The Hall–Kier alpha value is -1.88. The molecule has 128 valence electrons. The van der Waals surface area contributed by atoms with E-state index in [9.17, 15) is 9.59 Å². The van der Waals surface area contributed by atoms with Gasteiger partial charge in [0.15, 0.2) is 0 Å². The Balaban J connectivity index is 2.78. The SMILES string of the molecule is CCCC(Cc1ccccc1)N(CCC)C(=O)CNC(=O)CN. The first-order valence-corrected chi connectivity index (χ1v) is 8.42. The van der Waals surface area contributed by atoms with Crippen molar-refractivity contribution in [2.75, 3.05) is 19.6 Å². The summed E-state index contributed by atoms with van der Waals surface area (Å²) in [5, 5.41) is 2.58. The van der Waals surface area contributed by atoms with Gasteiger partial charge in [-0.05, 0) is 24.8 Å². The lowest BCUT2D eigenvalue weighted by molar-refractivity contribution is -0.134. The summed E-state index contributed by atoms with van der Waals surface area (Å²) in [6, 6.07) is 10.4. The monoisotopic (exact) mass is 319 g/mol. The number of nitrogens with zero attached hydrogens (tertiary/aromatic N) is 1. The van der Waals surface area contributed by atoms with Gasteiger partial charge in [-0.15, -0.1) is 0 Å². The van der Waals surface area contributed by atoms with Crippen LogP contribution in [0.2, 0.25) is 0 Å². The number of rotatable bonds is 10. The molecule has 0 fully saturated rings. The Morgan fingerprint density at radius 1 is 1.17 bits per heavy atom. The number of hydrogen-bond donors (Lipinski definition) is 2. The predicted octanol–water partition coefficient (Wildman–Crippen LogP) is 1.71. The Labute approximate surface area is 139 Å². The smallest absolute Gasteiger partial charge is 0.242 e. The van der Waals surface area contributed by atoms with Gasteiger partial charge in [0, 0.05) is 12.6 Å². The van der Waals surface area contributed by atoms with Crippen molar-refractivity contribution in [2.24, 2.45) is 5.73 Å². The average molecular weight is 319 g/mol. The molecule has 5 heteroatoms. The number of benzene rings is 1. The molecule has 2 amide bonds. The highest BCUT2D eigenvalue weighted by atomic mass is 16.2. The summed E-state index contributed by atoms with van der Waals surface area (Å²) in [5.41, 5.74) is 6.49. The summed E-state index contributed by atoms with van der Waals surface area (Å²) < 4.78 is 0. The number of hydrogen-bond acceptors (Lipinski definition) is 3. The molecule has 0 aliphatic heterocycles. The van der Waals surface area contributed by atoms with E-state index in [1.807, 2.05) is 23.1 Å². The van der Waals surface area contributed by atoms with Crippen LogP contribution in [0.15, 0.2) is 30.3 Å². The molecule has 0 aliphatic carbocycles. The van der Waals surface area contributed by atoms with Crippen molar-refractivity contribution in [3.05, 3.63) is 35.9 Å². The predicted molar refractivity (Wildman–Crippen MR) is 92.9 cm³/mol. The maximum Gasteiger partial charge on any atom is 0.242 e. The fraction of sp³-hybridized carbons (Fsp3) is 0.556. The Morgan fingerprint density at radius 2 is 1.87 bits per heavy atom. The zero-order valence-electron chi connectivity index (χ0n) is 14.3. The van der Waals surface area contributed by atoms with E-state index in [0.717, 1.165) is 25.7 Å². The second kappa shape index (κ2) is 10.8. The molecule has 0 aromatic heterocycles. The van der Waals surface area contributed by atoms with Crippen molar-refractivity contribution < 1.29 is 9.59 Å². The normalized spacial score (nSPS) is 11.8. The van der Waals surface area contributed by atoms with E-state index in [1.54, 1.807) is 0 Å². The van der Waals surface area contributed by atoms with Gasteiger partial charge in [0.25, 0.3) is 0 Å². The molecular weight excluding hydrogens is 290 g/mol. The third kappa shape index (κ3) is 6.82. The van der Waals surface area contributed by atoms with Crippen molar-refractivity contribution in [1.29, 1.82) is 0 Å². The second-order valence-electron chi connectivity index (χ2n) is 5.70. The first kappa shape index (κ1) is 19.2. The highest BCUT2D eigenvalue weighted by Gasteiger charge is 2.22. The maximum atomic E-state index is 12.5. The van der Waals surface area contributed by atoms with Crippen LogP contribution in [0.5, 0.6) is 0 Å². The summed E-state index contributed by atoms with van der Waals surface area (Å²) in [6.07, 6.45) is 3.70. The van der Waals surface area contributed by atoms with Crippen molar-refractivity contribution in [3.8, 4) is 0 Å². The molecule has 1 atom stereocenters. The summed E-state index contributed by atoms with van der Waals surface area (Å²) in [6.45, 7) is 4.82. The molecule has 0 bridgehead atoms. The topological polar surface area (TPSA) is 75.4 Å². The molecule has 5 nitrogen and oxygen atoms in total. The van der Waals surface area contributed by atoms with Gasteiger partial charge in [0.05, 0.1) is 13.1 Å². The molecule has 0 saturated heterocycles. The van der Waals surface area contributed by atoms with Crippen LogP contribution < -0.4 is 11.1 Å². The Bertz CT molecular complexity index is 476. The van der Waals surface area contributed by atoms with Crippen molar-refractivity contribution in [2.45, 2.75) is 45.6 Å². The summed E-state index contributed by atoms with van der Waals surface area (Å²) in [5.74, 6) is -0.340. The van der Waals surface area contributed by atoms with Gasteiger partial charge in [0.1, 0.15) is 0 Å². The van der Waals surface area contributed by atoms with E-state index in [1.165, 1.54) is 5.56 Å². The number of nitrogens with one attached hydrogen (secondary N) is 1. The van der Waals surface area contributed by atoms with Crippen LogP contribution in [0.3, 0.4) is 0 Å². The van der Waals surface area contributed by atoms with E-state index in [0.29, 0.717) is 6.54 Å². The van der Waals surface area contributed by atoms with Gasteiger partial charge in [0.2, 0.25) is 11.8 Å². The maximum absolute atomic E-state index is 12.5. The Morgan fingerprint density at radius 3 is 2.43 bits per heavy atom. The molecule has 0 aliphatic rings. The molecule has 3 N–H and O–H groups in total. The van der Waals surface area contributed by atoms with Crippen molar-refractivity contribution in [3.63, 3.8) is 0 Å². The van der Waals surface area contributed by atoms with Gasteiger partial charge >= 0.3 is 0 Å². The van der Waals surface area contributed by atoms with E-state index in [2.05, 4.69) is 31.3 Å². The van der Waals surface area contributed by atoms with E-state index < -0.39 is 0 Å². The molecule has 1 rings (SSSR count).